The highest BCUT2D eigenvalue weighted by molar-refractivity contribution is 5.85. The molecular weight excluding hydrogens is 204 g/mol. The smallest absolute Gasteiger partial charge is 0.212 e. The van der Waals surface area contributed by atoms with E-state index in [2.05, 4.69) is 20.8 Å². The lowest BCUT2D eigenvalue weighted by atomic mass is 10.5. The van der Waals surface area contributed by atoms with Gasteiger partial charge in [0.2, 0.25) is 5.96 Å². The zero-order valence-corrected chi connectivity index (χ0v) is 8.25. The maximum Gasteiger partial charge on any atom is 0.212 e. The van der Waals surface area contributed by atoms with Crippen LogP contribution in [0.4, 0.5) is 0 Å². The molecule has 2 heterocycles. The Morgan fingerprint density at radius 1 is 1.64 bits per heavy atom. The van der Waals surface area contributed by atoms with E-state index in [0.717, 1.165) is 13.1 Å². The Morgan fingerprint density at radius 2 is 2.57 bits per heavy atom. The molecule has 0 spiro atoms. The van der Waals surface area contributed by atoms with Gasteiger partial charge in [-0.25, -0.2) is 10.4 Å². The minimum Gasteiger partial charge on any atom is -0.463 e. The number of nitrogens with zero attached hydrogens (tertiary/aromatic N) is 2. The number of hydrogen-bond donors (Lipinski definition) is 2. The summed E-state index contributed by atoms with van der Waals surface area (Å²) in [6.07, 6.45) is 3.20. The van der Waals surface area contributed by atoms with Gasteiger partial charge in [-0.1, -0.05) is 0 Å². The van der Waals surface area contributed by atoms with Gasteiger partial charge in [-0.3, -0.25) is 0 Å². The quantitative estimate of drug-likeness (QED) is 0.560. The number of rotatable bonds is 2. The third kappa shape index (κ3) is 2.77. The Kier molecular flexibility index (Phi) is 4.00. The molecule has 1 aromatic heterocycles. The van der Waals surface area contributed by atoms with E-state index in [-0.39, 0.29) is 12.4 Å². The summed E-state index contributed by atoms with van der Waals surface area (Å²) in [5.41, 5.74) is 2.77. The minimum atomic E-state index is 0. The largest absolute Gasteiger partial charge is 0.463 e. The highest BCUT2D eigenvalue weighted by Crippen LogP contribution is 1.94. The fourth-order valence-electron chi connectivity index (χ4n) is 0.995. The lowest BCUT2D eigenvalue weighted by molar-refractivity contribution is 0.560. The molecule has 0 aromatic carbocycles. The molecule has 0 saturated heterocycles. The highest BCUT2D eigenvalue weighted by Gasteiger charge is 2.01. The Hall–Kier alpha value is -1.49. The molecular formula is C8H11ClN4O. The average molecular weight is 215 g/mol. The van der Waals surface area contributed by atoms with Crippen LogP contribution in [0.1, 0.15) is 5.76 Å². The Labute approximate surface area is 87.7 Å². The molecule has 0 fully saturated rings. The molecule has 5 nitrogen and oxygen atoms in total. The Morgan fingerprint density at radius 3 is 3.21 bits per heavy atom. The molecule has 6 heteroatoms. The van der Waals surface area contributed by atoms with Crippen molar-refractivity contribution in [2.24, 2.45) is 10.1 Å². The molecule has 1 aromatic rings. The minimum absolute atomic E-state index is 0. The van der Waals surface area contributed by atoms with Gasteiger partial charge in [0.15, 0.2) is 0 Å². The zero-order chi connectivity index (χ0) is 8.93. The van der Waals surface area contributed by atoms with Crippen molar-refractivity contribution < 1.29 is 4.42 Å². The monoisotopic (exact) mass is 214 g/mol. The van der Waals surface area contributed by atoms with E-state index in [4.69, 9.17) is 4.42 Å². The van der Waals surface area contributed by atoms with Crippen LogP contribution in [0.25, 0.3) is 0 Å². The van der Waals surface area contributed by atoms with E-state index in [1.54, 1.807) is 12.5 Å². The van der Waals surface area contributed by atoms with Crippen molar-refractivity contribution in [1.29, 1.82) is 0 Å². The molecule has 0 radical (unpaired) electrons. The first-order valence-electron chi connectivity index (χ1n) is 4.06. The average Bonchev–Trinajstić information content (AvgIpc) is 2.75. The molecule has 14 heavy (non-hydrogen) atoms. The second-order valence-corrected chi connectivity index (χ2v) is 2.54. The van der Waals surface area contributed by atoms with Gasteiger partial charge in [0.1, 0.15) is 5.76 Å². The molecule has 2 N–H and O–H groups in total. The number of aliphatic imine (C=N–C) groups is 1. The SMILES string of the molecule is C(=N\NC1=NCCN1)/c1ccco1.Cl. The Bertz CT molecular complexity index is 320. The van der Waals surface area contributed by atoms with Crippen LogP contribution in [-0.4, -0.2) is 25.3 Å². The standard InChI is InChI=1S/C8H10N4O.ClH/c1-2-7(13-5-1)6-11-12-8-9-3-4-10-8;/h1-2,5-6H,3-4H2,(H2,9,10,12);1H/b11-6+;. The molecule has 76 valence electrons. The molecule has 0 atom stereocenters. The van der Waals surface area contributed by atoms with E-state index in [1.165, 1.54) is 0 Å². The highest BCUT2D eigenvalue weighted by atomic mass is 35.5. The third-order valence-corrected chi connectivity index (χ3v) is 1.58. The van der Waals surface area contributed by atoms with Gasteiger partial charge >= 0.3 is 0 Å². The topological polar surface area (TPSA) is 61.9 Å². The number of furan rings is 1. The van der Waals surface area contributed by atoms with Gasteiger partial charge in [-0.15, -0.1) is 12.4 Å². The predicted molar refractivity (Wildman–Crippen MR) is 57.0 cm³/mol. The molecule has 0 saturated carbocycles. The van der Waals surface area contributed by atoms with Crippen molar-refractivity contribution in [2.75, 3.05) is 13.1 Å². The predicted octanol–water partition coefficient (Wildman–Crippen LogP) is 0.584. The second kappa shape index (κ2) is 5.29. The number of guanidine groups is 1. The van der Waals surface area contributed by atoms with Crippen LogP contribution in [0, 0.1) is 0 Å². The summed E-state index contributed by atoms with van der Waals surface area (Å²) in [7, 11) is 0. The molecule has 1 aliphatic rings. The van der Waals surface area contributed by atoms with Gasteiger partial charge in [0, 0.05) is 6.54 Å². The van der Waals surface area contributed by atoms with E-state index in [9.17, 15) is 0 Å². The summed E-state index contributed by atoms with van der Waals surface area (Å²) < 4.78 is 5.05. The van der Waals surface area contributed by atoms with Gasteiger partial charge in [0.05, 0.1) is 19.0 Å². The van der Waals surface area contributed by atoms with Crippen LogP contribution < -0.4 is 10.7 Å². The summed E-state index contributed by atoms with van der Waals surface area (Å²) in [5, 5.41) is 6.97. The first kappa shape index (κ1) is 10.6. The van der Waals surface area contributed by atoms with E-state index >= 15 is 0 Å². The first-order chi connectivity index (χ1) is 6.45. The number of hydrazone groups is 1. The fourth-order valence-corrected chi connectivity index (χ4v) is 0.995. The summed E-state index contributed by atoms with van der Waals surface area (Å²) in [4.78, 5) is 4.10. The molecule has 0 unspecified atom stereocenters. The molecule has 2 rings (SSSR count). The van der Waals surface area contributed by atoms with E-state index in [1.807, 2.05) is 12.1 Å². The number of nitrogens with one attached hydrogen (secondary N) is 2. The lowest BCUT2D eigenvalue weighted by Crippen LogP contribution is -2.30. The zero-order valence-electron chi connectivity index (χ0n) is 7.43. The fraction of sp³-hybridized carbons (Fsp3) is 0.250. The maximum absolute atomic E-state index is 5.05. The van der Waals surface area contributed by atoms with E-state index < -0.39 is 0 Å². The maximum atomic E-state index is 5.05. The van der Waals surface area contributed by atoms with Crippen LogP contribution in [-0.2, 0) is 0 Å². The van der Waals surface area contributed by atoms with Crippen LogP contribution >= 0.6 is 12.4 Å². The molecule has 0 aliphatic carbocycles. The van der Waals surface area contributed by atoms with Gasteiger partial charge in [-0.05, 0) is 12.1 Å². The van der Waals surface area contributed by atoms with Gasteiger partial charge in [-0.2, -0.15) is 5.10 Å². The van der Waals surface area contributed by atoms with E-state index in [0.29, 0.717) is 11.7 Å². The first-order valence-corrected chi connectivity index (χ1v) is 4.06. The van der Waals surface area contributed by atoms with Crippen molar-refractivity contribution in [3.63, 3.8) is 0 Å². The van der Waals surface area contributed by atoms with Crippen molar-refractivity contribution in [1.82, 2.24) is 10.7 Å². The van der Waals surface area contributed by atoms with Crippen LogP contribution in [0.2, 0.25) is 0 Å². The van der Waals surface area contributed by atoms with Crippen LogP contribution in [0.5, 0.6) is 0 Å². The van der Waals surface area contributed by atoms with Crippen LogP contribution in [0.15, 0.2) is 32.9 Å². The van der Waals surface area contributed by atoms with Crippen molar-refractivity contribution in [3.8, 4) is 0 Å². The molecule has 1 aliphatic heterocycles. The third-order valence-electron chi connectivity index (χ3n) is 1.58. The summed E-state index contributed by atoms with van der Waals surface area (Å²) in [6.45, 7) is 1.68. The summed E-state index contributed by atoms with van der Waals surface area (Å²) >= 11 is 0. The van der Waals surface area contributed by atoms with Gasteiger partial charge in [0.25, 0.3) is 0 Å². The number of halogens is 1. The number of hydrogen-bond acceptors (Lipinski definition) is 5. The summed E-state index contributed by atoms with van der Waals surface area (Å²) in [5.74, 6) is 1.42. The normalized spacial score (nSPS) is 14.7. The lowest BCUT2D eigenvalue weighted by Gasteiger charge is -1.97. The van der Waals surface area contributed by atoms with Crippen molar-refractivity contribution in [2.45, 2.75) is 0 Å². The van der Waals surface area contributed by atoms with Crippen molar-refractivity contribution >= 4 is 24.6 Å². The van der Waals surface area contributed by atoms with Crippen molar-refractivity contribution in [3.05, 3.63) is 24.2 Å². The molecule has 0 amide bonds. The Balaban J connectivity index is 0.000000980. The van der Waals surface area contributed by atoms with Crippen LogP contribution in [0.3, 0.4) is 0 Å². The second-order valence-electron chi connectivity index (χ2n) is 2.54. The molecule has 0 bridgehead atoms. The van der Waals surface area contributed by atoms with Gasteiger partial charge < -0.3 is 9.73 Å². The summed E-state index contributed by atoms with van der Waals surface area (Å²) in [6, 6.07) is 3.64.